The zero-order valence-corrected chi connectivity index (χ0v) is 12.9. The number of nitrogens with zero attached hydrogens (tertiary/aromatic N) is 2. The van der Waals surface area contributed by atoms with Gasteiger partial charge in [0.15, 0.2) is 0 Å². The first-order valence-electron chi connectivity index (χ1n) is 8.61. The van der Waals surface area contributed by atoms with E-state index >= 15 is 0 Å². The first kappa shape index (κ1) is 14.8. The molecule has 0 spiro atoms. The molecule has 0 aromatic heterocycles. The van der Waals surface area contributed by atoms with Gasteiger partial charge in [-0.3, -0.25) is 9.80 Å². The van der Waals surface area contributed by atoms with E-state index in [0.717, 1.165) is 19.0 Å². The fourth-order valence-corrected chi connectivity index (χ4v) is 3.86. The van der Waals surface area contributed by atoms with E-state index in [1.807, 2.05) is 0 Å². The normalized spacial score (nSPS) is 33.9. The zero-order valence-electron chi connectivity index (χ0n) is 12.9. The highest BCUT2D eigenvalue weighted by Gasteiger charge is 2.33. The molecule has 2 aliphatic heterocycles. The Kier molecular flexibility index (Phi) is 4.97. The molecule has 20 heavy (non-hydrogen) atoms. The number of piperidine rings is 1. The van der Waals surface area contributed by atoms with Crippen molar-refractivity contribution in [1.29, 1.82) is 0 Å². The molecule has 116 valence electrons. The summed E-state index contributed by atoms with van der Waals surface area (Å²) in [6, 6.07) is 2.47. The van der Waals surface area contributed by atoms with Crippen LogP contribution in [-0.2, 0) is 0 Å². The van der Waals surface area contributed by atoms with E-state index in [-0.39, 0.29) is 6.61 Å². The zero-order chi connectivity index (χ0) is 13.9. The van der Waals surface area contributed by atoms with Gasteiger partial charge in [0, 0.05) is 43.8 Å². The number of rotatable bonds is 6. The summed E-state index contributed by atoms with van der Waals surface area (Å²) < 4.78 is 0. The first-order chi connectivity index (χ1) is 9.76. The number of hydrogen-bond donors (Lipinski definition) is 2. The Morgan fingerprint density at radius 1 is 1.20 bits per heavy atom. The van der Waals surface area contributed by atoms with Gasteiger partial charge in [-0.25, -0.2) is 0 Å². The Morgan fingerprint density at radius 3 is 2.80 bits per heavy atom. The van der Waals surface area contributed by atoms with E-state index in [2.05, 4.69) is 22.0 Å². The second-order valence-corrected chi connectivity index (χ2v) is 7.10. The minimum atomic E-state index is 0.286. The van der Waals surface area contributed by atoms with Crippen molar-refractivity contribution in [2.45, 2.75) is 69.6 Å². The summed E-state index contributed by atoms with van der Waals surface area (Å²) in [7, 11) is 0. The maximum Gasteiger partial charge on any atom is 0.0585 e. The third-order valence-electron chi connectivity index (χ3n) is 5.35. The minimum Gasteiger partial charge on any atom is -0.395 e. The van der Waals surface area contributed by atoms with Crippen LogP contribution in [0.1, 0.15) is 45.4 Å². The molecule has 0 amide bonds. The molecule has 1 saturated carbocycles. The molecule has 3 atom stereocenters. The Morgan fingerprint density at radius 2 is 2.05 bits per heavy atom. The van der Waals surface area contributed by atoms with Crippen LogP contribution in [0.3, 0.4) is 0 Å². The van der Waals surface area contributed by atoms with Crippen LogP contribution in [0.4, 0.5) is 0 Å². The van der Waals surface area contributed by atoms with Gasteiger partial charge >= 0.3 is 0 Å². The highest BCUT2D eigenvalue weighted by atomic mass is 16.3. The molecule has 3 rings (SSSR count). The van der Waals surface area contributed by atoms with E-state index < -0.39 is 0 Å². The fourth-order valence-electron chi connectivity index (χ4n) is 3.86. The molecular weight excluding hydrogens is 250 g/mol. The largest absolute Gasteiger partial charge is 0.395 e. The third-order valence-corrected chi connectivity index (χ3v) is 5.35. The predicted octanol–water partition coefficient (Wildman–Crippen LogP) is 1.05. The number of aliphatic hydroxyl groups is 1. The average Bonchev–Trinajstić information content (AvgIpc) is 3.27. The average molecular weight is 281 g/mol. The van der Waals surface area contributed by atoms with Crippen LogP contribution in [0.2, 0.25) is 0 Å². The summed E-state index contributed by atoms with van der Waals surface area (Å²) in [5.74, 6) is 0. The van der Waals surface area contributed by atoms with E-state index in [1.54, 1.807) is 0 Å². The maximum atomic E-state index is 9.50. The van der Waals surface area contributed by atoms with E-state index in [9.17, 15) is 5.11 Å². The van der Waals surface area contributed by atoms with Gasteiger partial charge in [0.25, 0.3) is 0 Å². The summed E-state index contributed by atoms with van der Waals surface area (Å²) in [6.07, 6.45) is 7.87. The lowest BCUT2D eigenvalue weighted by atomic mass is 9.97. The second kappa shape index (κ2) is 6.73. The molecule has 0 bridgehead atoms. The monoisotopic (exact) mass is 281 g/mol. The van der Waals surface area contributed by atoms with Gasteiger partial charge in [-0.1, -0.05) is 6.42 Å². The van der Waals surface area contributed by atoms with Crippen molar-refractivity contribution in [2.24, 2.45) is 0 Å². The molecule has 2 heterocycles. The SMILES string of the molecule is CC1CN2CCCCC2CN1CCC(CO)NC1CC1. The maximum absolute atomic E-state index is 9.50. The van der Waals surface area contributed by atoms with Crippen LogP contribution in [0, 0.1) is 0 Å². The molecule has 0 aromatic carbocycles. The van der Waals surface area contributed by atoms with Crippen LogP contribution in [0.25, 0.3) is 0 Å². The highest BCUT2D eigenvalue weighted by molar-refractivity contribution is 4.90. The van der Waals surface area contributed by atoms with Gasteiger partial charge in [-0.05, 0) is 45.6 Å². The Bertz CT molecular complexity index is 308. The van der Waals surface area contributed by atoms with Gasteiger partial charge in [0.1, 0.15) is 0 Å². The second-order valence-electron chi connectivity index (χ2n) is 7.10. The molecule has 2 N–H and O–H groups in total. The summed E-state index contributed by atoms with van der Waals surface area (Å²) >= 11 is 0. The van der Waals surface area contributed by atoms with Gasteiger partial charge in [0.05, 0.1) is 6.61 Å². The molecule has 3 unspecified atom stereocenters. The topological polar surface area (TPSA) is 38.7 Å². The van der Waals surface area contributed by atoms with Crippen LogP contribution in [-0.4, -0.2) is 71.9 Å². The molecule has 4 heteroatoms. The van der Waals surface area contributed by atoms with Gasteiger partial charge in [-0.2, -0.15) is 0 Å². The smallest absolute Gasteiger partial charge is 0.0585 e. The minimum absolute atomic E-state index is 0.286. The van der Waals surface area contributed by atoms with Crippen molar-refractivity contribution < 1.29 is 5.11 Å². The summed E-state index contributed by atoms with van der Waals surface area (Å²) in [5.41, 5.74) is 0. The van der Waals surface area contributed by atoms with Crippen molar-refractivity contribution in [3.8, 4) is 0 Å². The number of hydrogen-bond acceptors (Lipinski definition) is 4. The third kappa shape index (κ3) is 3.73. The molecule has 1 aliphatic carbocycles. The van der Waals surface area contributed by atoms with Gasteiger partial charge < -0.3 is 10.4 Å². The number of fused-ring (bicyclic) bond motifs is 1. The van der Waals surface area contributed by atoms with Crippen molar-refractivity contribution in [1.82, 2.24) is 15.1 Å². The fraction of sp³-hybridized carbons (Fsp3) is 1.00. The number of piperazine rings is 1. The van der Waals surface area contributed by atoms with Crippen molar-refractivity contribution in [2.75, 3.05) is 32.8 Å². The predicted molar refractivity (Wildman–Crippen MR) is 81.9 cm³/mol. The lowest BCUT2D eigenvalue weighted by Gasteiger charge is -2.47. The number of aliphatic hydroxyl groups excluding tert-OH is 1. The summed E-state index contributed by atoms with van der Waals surface area (Å²) in [5, 5.41) is 13.1. The number of nitrogens with one attached hydrogen (secondary N) is 1. The van der Waals surface area contributed by atoms with Crippen molar-refractivity contribution >= 4 is 0 Å². The van der Waals surface area contributed by atoms with E-state index in [0.29, 0.717) is 18.1 Å². The Balaban J connectivity index is 1.46. The van der Waals surface area contributed by atoms with Crippen LogP contribution < -0.4 is 5.32 Å². The Hall–Kier alpha value is -0.160. The van der Waals surface area contributed by atoms with Gasteiger partial charge in [-0.15, -0.1) is 0 Å². The molecule has 2 saturated heterocycles. The van der Waals surface area contributed by atoms with Crippen molar-refractivity contribution in [3.63, 3.8) is 0 Å². The molecule has 0 aromatic rings. The quantitative estimate of drug-likeness (QED) is 0.763. The first-order valence-corrected chi connectivity index (χ1v) is 8.61. The van der Waals surface area contributed by atoms with Crippen LogP contribution in [0.15, 0.2) is 0 Å². The molecule has 3 aliphatic rings. The molecule has 3 fully saturated rings. The van der Waals surface area contributed by atoms with Crippen LogP contribution in [0.5, 0.6) is 0 Å². The summed E-state index contributed by atoms with van der Waals surface area (Å²) in [4.78, 5) is 5.36. The van der Waals surface area contributed by atoms with E-state index in [1.165, 1.54) is 51.7 Å². The Labute approximate surface area is 123 Å². The summed E-state index contributed by atoms with van der Waals surface area (Å²) in [6.45, 7) is 7.58. The van der Waals surface area contributed by atoms with Crippen LogP contribution >= 0.6 is 0 Å². The lowest BCUT2D eigenvalue weighted by Crippen LogP contribution is -2.59. The van der Waals surface area contributed by atoms with E-state index in [4.69, 9.17) is 0 Å². The van der Waals surface area contributed by atoms with Gasteiger partial charge in [0.2, 0.25) is 0 Å². The highest BCUT2D eigenvalue weighted by Crippen LogP contribution is 2.24. The molecule has 0 radical (unpaired) electrons. The standard InChI is InChI=1S/C16H31N3O/c1-13-10-19-8-3-2-4-16(19)11-18(13)9-7-15(12-20)17-14-5-6-14/h13-17,20H,2-12H2,1H3. The molecular formula is C16H31N3O. The molecule has 4 nitrogen and oxygen atoms in total. The lowest BCUT2D eigenvalue weighted by molar-refractivity contribution is 0.0127. The van der Waals surface area contributed by atoms with Crippen molar-refractivity contribution in [3.05, 3.63) is 0 Å².